The maximum absolute atomic E-state index is 14.2. The lowest BCUT2D eigenvalue weighted by Gasteiger charge is -2.44. The van der Waals surface area contributed by atoms with Gasteiger partial charge in [-0.05, 0) is 100 Å². The van der Waals surface area contributed by atoms with Gasteiger partial charge in [0.05, 0.1) is 12.6 Å². The maximum Gasteiger partial charge on any atom is 0.254 e. The number of rotatable bonds is 7. The van der Waals surface area contributed by atoms with Crippen molar-refractivity contribution in [2.75, 3.05) is 32.8 Å². The topological polar surface area (TPSA) is 72.0 Å². The quantitative estimate of drug-likeness (QED) is 0.429. The summed E-state index contributed by atoms with van der Waals surface area (Å²) >= 11 is 0. The molecule has 3 aliphatic heterocycles. The summed E-state index contributed by atoms with van der Waals surface area (Å²) < 4.78 is 5.82. The lowest BCUT2D eigenvalue weighted by Crippen LogP contribution is -2.52. The van der Waals surface area contributed by atoms with E-state index in [0.717, 1.165) is 71.3 Å². The van der Waals surface area contributed by atoms with Crippen LogP contribution in [0.2, 0.25) is 0 Å². The van der Waals surface area contributed by atoms with E-state index in [0.29, 0.717) is 19.6 Å². The number of phenols is 1. The third-order valence-corrected chi connectivity index (χ3v) is 9.02. The van der Waals surface area contributed by atoms with Crippen molar-refractivity contribution in [2.24, 2.45) is 5.92 Å². The lowest BCUT2D eigenvalue weighted by molar-refractivity contribution is -0.133. The summed E-state index contributed by atoms with van der Waals surface area (Å²) in [7, 11) is 0. The fraction of sp³-hybridized carbons (Fsp3) is 0.469. The lowest BCUT2D eigenvalue weighted by atomic mass is 9.81. The van der Waals surface area contributed by atoms with Gasteiger partial charge in [0.25, 0.3) is 5.91 Å². The summed E-state index contributed by atoms with van der Waals surface area (Å²) in [4.78, 5) is 24.5. The molecule has 0 unspecified atom stereocenters. The molecule has 2 saturated heterocycles. The number of aromatic amines is 1. The number of H-pyrrole nitrogens is 1. The molecule has 2 atom stereocenters. The van der Waals surface area contributed by atoms with E-state index < -0.39 is 5.54 Å². The van der Waals surface area contributed by atoms with Crippen molar-refractivity contribution in [1.29, 1.82) is 0 Å². The molecular weight excluding hydrogens is 488 g/mol. The van der Waals surface area contributed by atoms with Gasteiger partial charge in [-0.3, -0.25) is 9.69 Å². The molecule has 6 rings (SSSR count). The number of ether oxygens (including phenoxy) is 1. The largest absolute Gasteiger partial charge is 0.508 e. The predicted molar refractivity (Wildman–Crippen MR) is 154 cm³/mol. The van der Waals surface area contributed by atoms with Gasteiger partial charge < -0.3 is 24.6 Å². The average Bonchev–Trinajstić information content (AvgIpc) is 3.36. The monoisotopic (exact) mass is 528 g/mol. The molecule has 2 fully saturated rings. The van der Waals surface area contributed by atoms with Crippen LogP contribution in [0.3, 0.4) is 0 Å². The second-order valence-corrected chi connectivity index (χ2v) is 11.7. The van der Waals surface area contributed by atoms with Crippen LogP contribution in [0.25, 0.3) is 10.9 Å². The van der Waals surface area contributed by atoms with Crippen molar-refractivity contribution in [3.05, 3.63) is 71.7 Å². The number of benzene rings is 2. The highest BCUT2D eigenvalue weighted by Crippen LogP contribution is 2.51. The molecule has 4 heterocycles. The predicted octanol–water partition coefficient (Wildman–Crippen LogP) is 5.41. The van der Waals surface area contributed by atoms with Crippen molar-refractivity contribution >= 4 is 16.8 Å². The number of piperidine rings is 1. The minimum Gasteiger partial charge on any atom is -0.508 e. The molecule has 7 heteroatoms. The number of nitrogens with zero attached hydrogens (tertiary/aromatic N) is 3. The van der Waals surface area contributed by atoms with Gasteiger partial charge >= 0.3 is 0 Å². The van der Waals surface area contributed by atoms with E-state index in [4.69, 9.17) is 4.74 Å². The number of nitrogens with one attached hydrogen (secondary N) is 1. The summed E-state index contributed by atoms with van der Waals surface area (Å²) in [5, 5.41) is 11.5. The fourth-order valence-corrected chi connectivity index (χ4v) is 6.90. The van der Waals surface area contributed by atoms with Gasteiger partial charge in [0.1, 0.15) is 22.9 Å². The third-order valence-electron chi connectivity index (χ3n) is 9.02. The second kappa shape index (κ2) is 9.94. The minimum atomic E-state index is -0.780. The van der Waals surface area contributed by atoms with Gasteiger partial charge in [0, 0.05) is 29.6 Å². The Morgan fingerprint density at radius 2 is 1.95 bits per heavy atom. The van der Waals surface area contributed by atoms with Gasteiger partial charge in [-0.25, -0.2) is 0 Å². The van der Waals surface area contributed by atoms with E-state index in [2.05, 4.69) is 47.3 Å². The molecule has 0 saturated carbocycles. The van der Waals surface area contributed by atoms with Crippen LogP contribution in [0, 0.1) is 5.92 Å². The number of amides is 1. The SMILES string of the molecule is C=C1N(CCCN2CCC(C)CC2)C(=O)[C@]2(C)Cc3c([nH]c4ccc(OCC)cc34)[C@@H](c3cccc(O)c3)N12. The van der Waals surface area contributed by atoms with E-state index >= 15 is 0 Å². The molecule has 3 aromatic rings. The fourth-order valence-electron chi connectivity index (χ4n) is 6.90. The van der Waals surface area contributed by atoms with Crippen molar-refractivity contribution in [3.63, 3.8) is 0 Å². The minimum absolute atomic E-state index is 0.103. The molecule has 0 bridgehead atoms. The van der Waals surface area contributed by atoms with E-state index in [1.807, 2.05) is 30.0 Å². The highest BCUT2D eigenvalue weighted by molar-refractivity contribution is 5.94. The van der Waals surface area contributed by atoms with Crippen LogP contribution in [-0.2, 0) is 11.2 Å². The van der Waals surface area contributed by atoms with Crippen LogP contribution in [0.1, 0.15) is 62.9 Å². The Hall–Kier alpha value is -3.45. The van der Waals surface area contributed by atoms with E-state index in [1.165, 1.54) is 12.8 Å². The summed E-state index contributed by atoms with van der Waals surface area (Å²) in [6.07, 6.45) is 4.00. The highest BCUT2D eigenvalue weighted by atomic mass is 16.5. The molecule has 1 aromatic heterocycles. The Morgan fingerprint density at radius 1 is 1.15 bits per heavy atom. The van der Waals surface area contributed by atoms with Gasteiger partial charge in [-0.15, -0.1) is 0 Å². The molecule has 7 nitrogen and oxygen atoms in total. The number of hydrogen-bond acceptors (Lipinski definition) is 5. The van der Waals surface area contributed by atoms with Gasteiger partial charge in [0.2, 0.25) is 0 Å². The number of fused-ring (bicyclic) bond motifs is 4. The van der Waals surface area contributed by atoms with Crippen LogP contribution in [0.5, 0.6) is 11.5 Å². The summed E-state index contributed by atoms with van der Waals surface area (Å²) in [5.41, 5.74) is 3.34. The Bertz CT molecular complexity index is 1410. The first-order valence-electron chi connectivity index (χ1n) is 14.4. The standard InChI is InChI=1S/C32H40N4O3/c1-5-39-25-10-11-28-26(19-25)27-20-32(4)31(38)35(15-7-14-34-16-12-21(2)13-17-34)22(3)36(32)30(29(27)33-28)23-8-6-9-24(37)18-23/h6,8-11,18-19,21,30,33,37H,3,5,7,12-17,20H2,1-2,4H3/t30-,32+/m1/s1. The normalized spacial score (nSPS) is 23.9. The number of phenolic OH excluding ortho intramolecular Hbond substituents is 1. The molecule has 39 heavy (non-hydrogen) atoms. The zero-order valence-corrected chi connectivity index (χ0v) is 23.4. The van der Waals surface area contributed by atoms with Crippen LogP contribution in [-0.4, -0.2) is 69.0 Å². The molecule has 2 N–H and O–H groups in total. The van der Waals surface area contributed by atoms with E-state index in [9.17, 15) is 9.90 Å². The molecule has 0 aliphatic carbocycles. The first kappa shape index (κ1) is 25.8. The highest BCUT2D eigenvalue weighted by Gasteiger charge is 2.57. The van der Waals surface area contributed by atoms with Crippen molar-refractivity contribution in [1.82, 2.24) is 19.7 Å². The zero-order chi connectivity index (χ0) is 27.3. The van der Waals surface area contributed by atoms with Crippen molar-refractivity contribution in [3.8, 4) is 11.5 Å². The number of likely N-dealkylation sites (tertiary alicyclic amines) is 1. The first-order chi connectivity index (χ1) is 18.8. The van der Waals surface area contributed by atoms with Gasteiger partial charge in [-0.1, -0.05) is 25.6 Å². The maximum atomic E-state index is 14.2. The third kappa shape index (κ3) is 4.37. The van der Waals surface area contributed by atoms with E-state index in [-0.39, 0.29) is 17.7 Å². The van der Waals surface area contributed by atoms with E-state index in [1.54, 1.807) is 12.1 Å². The Balaban J connectivity index is 1.36. The smallest absolute Gasteiger partial charge is 0.254 e. The first-order valence-corrected chi connectivity index (χ1v) is 14.4. The van der Waals surface area contributed by atoms with Crippen LogP contribution in [0.15, 0.2) is 54.9 Å². The molecular formula is C32H40N4O3. The number of aromatic hydroxyl groups is 1. The Labute approximate surface area is 231 Å². The summed E-state index contributed by atoms with van der Waals surface area (Å²) in [6.45, 7) is 15.4. The zero-order valence-electron chi connectivity index (χ0n) is 23.4. The van der Waals surface area contributed by atoms with Gasteiger partial charge in [-0.2, -0.15) is 0 Å². The summed E-state index contributed by atoms with van der Waals surface area (Å²) in [6, 6.07) is 13.2. The molecule has 1 amide bonds. The molecule has 206 valence electrons. The number of hydrogen-bond donors (Lipinski definition) is 2. The molecule has 2 aromatic carbocycles. The number of aromatic nitrogens is 1. The van der Waals surface area contributed by atoms with Crippen molar-refractivity contribution in [2.45, 2.75) is 58.0 Å². The Morgan fingerprint density at radius 3 is 2.69 bits per heavy atom. The number of carbonyl (C=O) groups excluding carboxylic acids is 1. The summed E-state index contributed by atoms with van der Waals surface area (Å²) in [5.74, 6) is 2.68. The molecule has 0 radical (unpaired) electrons. The molecule has 3 aliphatic rings. The van der Waals surface area contributed by atoms with Crippen LogP contribution >= 0.6 is 0 Å². The number of carbonyl (C=O) groups is 1. The van der Waals surface area contributed by atoms with Crippen LogP contribution in [0.4, 0.5) is 0 Å². The van der Waals surface area contributed by atoms with Gasteiger partial charge in [0.15, 0.2) is 0 Å². The molecule has 0 spiro atoms. The van der Waals surface area contributed by atoms with Crippen molar-refractivity contribution < 1.29 is 14.6 Å². The Kier molecular flexibility index (Phi) is 6.58. The van der Waals surface area contributed by atoms with Crippen LogP contribution < -0.4 is 4.74 Å². The average molecular weight is 529 g/mol. The second-order valence-electron chi connectivity index (χ2n) is 11.7.